The number of nitrogen functional groups attached to an aromatic ring is 1. The Morgan fingerprint density at radius 1 is 1.30 bits per heavy atom. The number of methoxy groups -OCH3 is 1. The second-order valence-electron chi connectivity index (χ2n) is 5.80. The zero-order valence-electron chi connectivity index (χ0n) is 13.5. The molecule has 0 unspecified atom stereocenters. The van der Waals surface area contributed by atoms with Crippen molar-refractivity contribution in [1.29, 1.82) is 0 Å². The van der Waals surface area contributed by atoms with E-state index in [-0.39, 0.29) is 6.10 Å². The molecule has 0 bridgehead atoms. The molecule has 1 aromatic carbocycles. The Morgan fingerprint density at radius 3 is 2.78 bits per heavy atom. The summed E-state index contributed by atoms with van der Waals surface area (Å²) in [6.45, 7) is 3.89. The molecule has 1 aliphatic heterocycles. The average molecular weight is 330 g/mol. The highest BCUT2D eigenvalue weighted by molar-refractivity contribution is 7.98. The van der Waals surface area contributed by atoms with Gasteiger partial charge in [-0.1, -0.05) is 41.6 Å². The van der Waals surface area contributed by atoms with Gasteiger partial charge in [0.2, 0.25) is 0 Å². The van der Waals surface area contributed by atoms with Crippen LogP contribution in [0.2, 0.25) is 0 Å². The van der Waals surface area contributed by atoms with Gasteiger partial charge in [0.15, 0.2) is 5.16 Å². The summed E-state index contributed by atoms with van der Waals surface area (Å²) in [7, 11) is 1.76. The monoisotopic (exact) mass is 330 g/mol. The molecule has 0 aliphatic carbocycles. The third-order valence-corrected chi connectivity index (χ3v) is 4.92. The first-order chi connectivity index (χ1) is 11.1. The molecule has 0 amide bonds. The van der Waals surface area contributed by atoms with E-state index in [4.69, 9.17) is 10.5 Å². The van der Waals surface area contributed by atoms with Gasteiger partial charge in [0, 0.05) is 32.0 Å². The second kappa shape index (κ2) is 7.19. The van der Waals surface area contributed by atoms with E-state index < -0.39 is 0 Å². The number of thioether (sulfide) groups is 1. The van der Waals surface area contributed by atoms with Crippen LogP contribution in [0.15, 0.2) is 35.5 Å². The lowest BCUT2D eigenvalue weighted by atomic mass is 10.2. The summed E-state index contributed by atoms with van der Waals surface area (Å²) in [6.07, 6.45) is 1.29. The third kappa shape index (κ3) is 4.14. The van der Waals surface area contributed by atoms with Crippen molar-refractivity contribution >= 4 is 23.4 Å². The second-order valence-corrected chi connectivity index (χ2v) is 6.74. The van der Waals surface area contributed by atoms with E-state index in [0.717, 1.165) is 36.2 Å². The maximum absolute atomic E-state index is 5.96. The highest BCUT2D eigenvalue weighted by Gasteiger charge is 2.23. The van der Waals surface area contributed by atoms with Crippen LogP contribution in [-0.4, -0.2) is 36.3 Å². The van der Waals surface area contributed by atoms with Crippen molar-refractivity contribution in [3.8, 4) is 0 Å². The molecule has 1 atom stereocenters. The first kappa shape index (κ1) is 16.1. The minimum atomic E-state index is 0.273. The largest absolute Gasteiger partial charge is 0.383 e. The van der Waals surface area contributed by atoms with Crippen LogP contribution in [-0.2, 0) is 10.5 Å². The normalized spacial score (nSPS) is 17.7. The quantitative estimate of drug-likeness (QED) is 0.672. The molecule has 5 nitrogen and oxygen atoms in total. The van der Waals surface area contributed by atoms with Gasteiger partial charge in [0.25, 0.3) is 0 Å². The standard InChI is InChI=1S/C17H22N4OS/c1-12-3-5-13(6-4-12)11-23-17-19-15(18)9-16(20-17)21-8-7-14(10-21)22-2/h3-6,9,14H,7-8,10-11H2,1-2H3,(H2,18,19,20)/t14-/m1/s1. The van der Waals surface area contributed by atoms with E-state index >= 15 is 0 Å². The molecule has 2 aromatic rings. The van der Waals surface area contributed by atoms with Crippen LogP contribution >= 0.6 is 11.8 Å². The molecule has 0 radical (unpaired) electrons. The Kier molecular flexibility index (Phi) is 5.03. The van der Waals surface area contributed by atoms with E-state index in [1.165, 1.54) is 11.1 Å². The van der Waals surface area contributed by atoms with Crippen LogP contribution in [0.1, 0.15) is 17.5 Å². The molecule has 0 saturated carbocycles. The van der Waals surface area contributed by atoms with Crippen LogP contribution in [0.25, 0.3) is 0 Å². The Bertz CT molecular complexity index is 662. The van der Waals surface area contributed by atoms with Gasteiger partial charge in [-0.15, -0.1) is 0 Å². The van der Waals surface area contributed by atoms with Gasteiger partial charge >= 0.3 is 0 Å². The maximum Gasteiger partial charge on any atom is 0.191 e. The molecule has 122 valence electrons. The van der Waals surface area contributed by atoms with Crippen molar-refractivity contribution in [2.45, 2.75) is 30.4 Å². The fraction of sp³-hybridized carbons (Fsp3) is 0.412. The van der Waals surface area contributed by atoms with Gasteiger partial charge in [-0.2, -0.15) is 0 Å². The topological polar surface area (TPSA) is 64.3 Å². The number of hydrogen-bond donors (Lipinski definition) is 1. The predicted octanol–water partition coefficient (Wildman–Crippen LogP) is 2.88. The molecule has 23 heavy (non-hydrogen) atoms. The lowest BCUT2D eigenvalue weighted by Crippen LogP contribution is -2.23. The summed E-state index contributed by atoms with van der Waals surface area (Å²) >= 11 is 1.61. The summed E-state index contributed by atoms with van der Waals surface area (Å²) in [5.41, 5.74) is 8.49. The summed E-state index contributed by atoms with van der Waals surface area (Å²) in [4.78, 5) is 11.2. The number of aromatic nitrogens is 2. The molecular weight excluding hydrogens is 308 g/mol. The lowest BCUT2D eigenvalue weighted by molar-refractivity contribution is 0.121. The number of nitrogens with zero attached hydrogens (tertiary/aromatic N) is 3. The highest BCUT2D eigenvalue weighted by atomic mass is 32.2. The molecule has 2 N–H and O–H groups in total. The van der Waals surface area contributed by atoms with E-state index in [1.54, 1.807) is 18.9 Å². The zero-order chi connectivity index (χ0) is 16.2. The van der Waals surface area contributed by atoms with Crippen LogP contribution in [0.5, 0.6) is 0 Å². The summed E-state index contributed by atoms with van der Waals surface area (Å²) in [6, 6.07) is 10.4. The minimum Gasteiger partial charge on any atom is -0.383 e. The van der Waals surface area contributed by atoms with Gasteiger partial charge in [-0.25, -0.2) is 9.97 Å². The van der Waals surface area contributed by atoms with Crippen molar-refractivity contribution in [2.24, 2.45) is 0 Å². The maximum atomic E-state index is 5.96. The highest BCUT2D eigenvalue weighted by Crippen LogP contribution is 2.26. The van der Waals surface area contributed by atoms with E-state index in [0.29, 0.717) is 5.82 Å². The molecule has 1 fully saturated rings. The van der Waals surface area contributed by atoms with Crippen molar-refractivity contribution < 1.29 is 4.74 Å². The molecule has 1 saturated heterocycles. The van der Waals surface area contributed by atoms with Crippen molar-refractivity contribution in [1.82, 2.24) is 9.97 Å². The zero-order valence-corrected chi connectivity index (χ0v) is 14.3. The number of rotatable bonds is 5. The van der Waals surface area contributed by atoms with Crippen LogP contribution < -0.4 is 10.6 Å². The molecule has 6 heteroatoms. The summed E-state index contributed by atoms with van der Waals surface area (Å²) in [5, 5.41) is 0.724. The Morgan fingerprint density at radius 2 is 2.09 bits per heavy atom. The number of nitrogens with two attached hydrogens (primary N) is 1. The predicted molar refractivity (Wildman–Crippen MR) is 94.8 cm³/mol. The fourth-order valence-electron chi connectivity index (χ4n) is 2.62. The fourth-order valence-corrected chi connectivity index (χ4v) is 3.43. The third-order valence-electron chi connectivity index (χ3n) is 4.00. The Hall–Kier alpha value is -1.79. The van der Waals surface area contributed by atoms with Gasteiger partial charge in [-0.3, -0.25) is 0 Å². The SMILES string of the molecule is CO[C@@H]1CCN(c2cc(N)nc(SCc3ccc(C)cc3)n2)C1. The molecular formula is C17H22N4OS. The van der Waals surface area contributed by atoms with Crippen molar-refractivity contribution in [3.05, 3.63) is 41.5 Å². The molecule has 1 aliphatic rings. The van der Waals surface area contributed by atoms with Gasteiger partial charge in [0.05, 0.1) is 6.10 Å². The van der Waals surface area contributed by atoms with Crippen LogP contribution in [0.4, 0.5) is 11.6 Å². The number of anilines is 2. The van der Waals surface area contributed by atoms with E-state index in [9.17, 15) is 0 Å². The van der Waals surface area contributed by atoms with E-state index in [1.807, 2.05) is 6.07 Å². The van der Waals surface area contributed by atoms with Gasteiger partial charge in [0.1, 0.15) is 11.6 Å². The van der Waals surface area contributed by atoms with Crippen molar-refractivity contribution in [2.75, 3.05) is 30.8 Å². The Labute approximate surface area is 141 Å². The minimum absolute atomic E-state index is 0.273. The lowest BCUT2D eigenvalue weighted by Gasteiger charge is -2.18. The van der Waals surface area contributed by atoms with Crippen LogP contribution in [0.3, 0.4) is 0 Å². The van der Waals surface area contributed by atoms with Crippen molar-refractivity contribution in [3.63, 3.8) is 0 Å². The summed E-state index contributed by atoms with van der Waals surface area (Å²) < 4.78 is 5.42. The first-order valence-electron chi connectivity index (χ1n) is 7.74. The van der Waals surface area contributed by atoms with Gasteiger partial charge in [-0.05, 0) is 18.9 Å². The molecule has 1 aromatic heterocycles. The first-order valence-corrected chi connectivity index (χ1v) is 8.73. The number of benzene rings is 1. The number of hydrogen-bond acceptors (Lipinski definition) is 6. The molecule has 0 spiro atoms. The average Bonchev–Trinajstić information content (AvgIpc) is 3.03. The summed E-state index contributed by atoms with van der Waals surface area (Å²) in [5.74, 6) is 2.25. The number of ether oxygens (including phenoxy) is 1. The van der Waals surface area contributed by atoms with Crippen LogP contribution in [0, 0.1) is 6.92 Å². The molecule has 2 heterocycles. The van der Waals surface area contributed by atoms with Gasteiger partial charge < -0.3 is 15.4 Å². The van der Waals surface area contributed by atoms with E-state index in [2.05, 4.69) is 46.1 Å². The Balaban J connectivity index is 1.69. The smallest absolute Gasteiger partial charge is 0.191 e. The number of aryl methyl sites for hydroxylation is 1. The molecule has 3 rings (SSSR count).